The predicted molar refractivity (Wildman–Crippen MR) is 109 cm³/mol. The van der Waals surface area contributed by atoms with Gasteiger partial charge in [0.25, 0.3) is 0 Å². The predicted octanol–water partition coefficient (Wildman–Crippen LogP) is 5.35. The molecule has 1 heterocycles. The van der Waals surface area contributed by atoms with Gasteiger partial charge in [0.2, 0.25) is 11.0 Å². The lowest BCUT2D eigenvalue weighted by Crippen LogP contribution is -2.18. The number of rotatable bonds is 8. The van der Waals surface area contributed by atoms with Gasteiger partial charge < -0.3 is 0 Å². The zero-order chi connectivity index (χ0) is 18.2. The van der Waals surface area contributed by atoms with E-state index in [4.69, 9.17) is 0 Å². The zero-order valence-corrected chi connectivity index (χ0v) is 16.2. The average molecular weight is 384 g/mol. The molecule has 26 heavy (non-hydrogen) atoms. The molecule has 6 heteroatoms. The molecular weight excluding hydrogens is 362 g/mol. The minimum absolute atomic E-state index is 0.0803. The van der Waals surface area contributed by atoms with Crippen molar-refractivity contribution in [2.45, 2.75) is 36.3 Å². The second kappa shape index (κ2) is 9.50. The molecule has 2 aromatic carbocycles. The van der Waals surface area contributed by atoms with Gasteiger partial charge in [-0.15, -0.1) is 22.0 Å². The molecule has 1 amide bonds. The van der Waals surface area contributed by atoms with Crippen LogP contribution in [0.3, 0.4) is 0 Å². The van der Waals surface area contributed by atoms with Gasteiger partial charge in [0.15, 0.2) is 0 Å². The van der Waals surface area contributed by atoms with Gasteiger partial charge in [-0.1, -0.05) is 73.2 Å². The first-order valence-electron chi connectivity index (χ1n) is 8.66. The lowest BCUT2D eigenvalue weighted by Gasteiger charge is -2.16. The number of aromatic nitrogens is 2. The van der Waals surface area contributed by atoms with Gasteiger partial charge in [-0.2, -0.15) is 0 Å². The highest BCUT2D eigenvalue weighted by Gasteiger charge is 2.23. The highest BCUT2D eigenvalue weighted by molar-refractivity contribution is 8.00. The first-order valence-corrected chi connectivity index (χ1v) is 10.4. The summed E-state index contributed by atoms with van der Waals surface area (Å²) in [5, 5.41) is 12.4. The van der Waals surface area contributed by atoms with Crippen molar-refractivity contribution < 1.29 is 4.79 Å². The first kappa shape index (κ1) is 18.6. The summed E-state index contributed by atoms with van der Waals surface area (Å²) in [7, 11) is 0. The fourth-order valence-electron chi connectivity index (χ4n) is 2.44. The lowest BCUT2D eigenvalue weighted by atomic mass is 10.1. The van der Waals surface area contributed by atoms with E-state index in [0.717, 1.165) is 34.7 Å². The number of amides is 1. The molecule has 0 aliphatic carbocycles. The van der Waals surface area contributed by atoms with Crippen LogP contribution in [0.1, 0.15) is 35.6 Å². The fraction of sp³-hybridized carbons (Fsp3) is 0.250. The van der Waals surface area contributed by atoms with Crippen LogP contribution in [0.5, 0.6) is 0 Å². The molecule has 3 rings (SSSR count). The maximum absolute atomic E-state index is 12.9. The Balaban J connectivity index is 1.75. The van der Waals surface area contributed by atoms with Crippen LogP contribution >= 0.6 is 23.1 Å². The van der Waals surface area contributed by atoms with E-state index in [0.29, 0.717) is 5.13 Å². The Morgan fingerprint density at radius 2 is 1.77 bits per heavy atom. The van der Waals surface area contributed by atoms with Crippen molar-refractivity contribution >= 4 is 34.1 Å². The SMILES string of the molecule is CCCCc1nnc(NC(=O)C(Sc2ccccc2)c2ccccc2)s1. The summed E-state index contributed by atoms with van der Waals surface area (Å²) >= 11 is 2.99. The Morgan fingerprint density at radius 3 is 2.46 bits per heavy atom. The highest BCUT2D eigenvalue weighted by Crippen LogP contribution is 2.36. The summed E-state index contributed by atoms with van der Waals surface area (Å²) < 4.78 is 0. The Labute approximate surface area is 162 Å². The Bertz CT molecular complexity index is 821. The second-order valence-electron chi connectivity index (χ2n) is 5.82. The molecular formula is C20H21N3OS2. The topological polar surface area (TPSA) is 54.9 Å². The Kier molecular flexibility index (Phi) is 6.80. The number of thioether (sulfide) groups is 1. The average Bonchev–Trinajstić information content (AvgIpc) is 3.13. The molecule has 0 radical (unpaired) electrons. The number of aryl methyl sites for hydroxylation is 1. The van der Waals surface area contributed by atoms with Crippen LogP contribution in [0.15, 0.2) is 65.6 Å². The van der Waals surface area contributed by atoms with E-state index >= 15 is 0 Å². The fourth-order valence-corrected chi connectivity index (χ4v) is 4.27. The number of carbonyl (C=O) groups excluding carboxylic acids is 1. The zero-order valence-electron chi connectivity index (χ0n) is 14.6. The van der Waals surface area contributed by atoms with Crippen LogP contribution in [0.2, 0.25) is 0 Å². The minimum atomic E-state index is -0.346. The molecule has 1 N–H and O–H groups in total. The van der Waals surface area contributed by atoms with Crippen molar-refractivity contribution in [3.05, 3.63) is 71.2 Å². The molecule has 0 spiro atoms. The van der Waals surface area contributed by atoms with Gasteiger partial charge in [-0.05, 0) is 24.1 Å². The van der Waals surface area contributed by atoms with E-state index < -0.39 is 0 Å². The molecule has 4 nitrogen and oxygen atoms in total. The van der Waals surface area contributed by atoms with Crippen molar-refractivity contribution in [2.75, 3.05) is 5.32 Å². The van der Waals surface area contributed by atoms with Crippen LogP contribution in [0.25, 0.3) is 0 Å². The van der Waals surface area contributed by atoms with Crippen LogP contribution in [-0.2, 0) is 11.2 Å². The number of nitrogens with one attached hydrogen (secondary N) is 1. The van der Waals surface area contributed by atoms with E-state index in [1.165, 1.54) is 23.1 Å². The van der Waals surface area contributed by atoms with Crippen LogP contribution in [-0.4, -0.2) is 16.1 Å². The van der Waals surface area contributed by atoms with Gasteiger partial charge in [-0.25, -0.2) is 0 Å². The molecule has 0 fully saturated rings. The smallest absolute Gasteiger partial charge is 0.244 e. The molecule has 1 aromatic heterocycles. The van der Waals surface area contributed by atoms with Crippen molar-refractivity contribution in [3.63, 3.8) is 0 Å². The number of hydrogen-bond donors (Lipinski definition) is 1. The summed E-state index contributed by atoms with van der Waals surface area (Å²) in [5.74, 6) is -0.0803. The minimum Gasteiger partial charge on any atom is -0.299 e. The molecule has 0 aliphatic heterocycles. The number of carbonyl (C=O) groups is 1. The van der Waals surface area contributed by atoms with Gasteiger partial charge >= 0.3 is 0 Å². The molecule has 134 valence electrons. The van der Waals surface area contributed by atoms with Gasteiger partial charge in [0.1, 0.15) is 10.3 Å². The highest BCUT2D eigenvalue weighted by atomic mass is 32.2. The molecule has 3 aromatic rings. The van der Waals surface area contributed by atoms with Crippen molar-refractivity contribution in [1.29, 1.82) is 0 Å². The van der Waals surface area contributed by atoms with E-state index in [1.54, 1.807) is 0 Å². The maximum Gasteiger partial charge on any atom is 0.244 e. The Morgan fingerprint density at radius 1 is 1.08 bits per heavy atom. The third kappa shape index (κ3) is 5.16. The quantitative estimate of drug-likeness (QED) is 0.533. The lowest BCUT2D eigenvalue weighted by molar-refractivity contribution is -0.115. The van der Waals surface area contributed by atoms with E-state index in [9.17, 15) is 4.79 Å². The van der Waals surface area contributed by atoms with Crippen molar-refractivity contribution in [3.8, 4) is 0 Å². The van der Waals surface area contributed by atoms with Crippen molar-refractivity contribution in [1.82, 2.24) is 10.2 Å². The number of anilines is 1. The van der Waals surface area contributed by atoms with E-state index in [2.05, 4.69) is 22.4 Å². The number of benzene rings is 2. The summed E-state index contributed by atoms with van der Waals surface area (Å²) in [4.78, 5) is 14.0. The summed E-state index contributed by atoms with van der Waals surface area (Å²) in [6.45, 7) is 2.15. The second-order valence-corrected chi connectivity index (χ2v) is 8.06. The Hall–Kier alpha value is -2.18. The standard InChI is InChI=1S/C20H21N3OS2/c1-2-3-14-17-22-23-20(26-17)21-19(24)18(15-10-6-4-7-11-15)25-16-12-8-5-9-13-16/h4-13,18H,2-3,14H2,1H3,(H,21,23,24). The number of nitrogens with zero attached hydrogens (tertiary/aromatic N) is 2. The third-order valence-electron chi connectivity index (χ3n) is 3.78. The molecule has 0 saturated heterocycles. The normalized spacial score (nSPS) is 11.9. The van der Waals surface area contributed by atoms with Crippen LogP contribution < -0.4 is 5.32 Å². The van der Waals surface area contributed by atoms with Crippen molar-refractivity contribution in [2.24, 2.45) is 0 Å². The molecule has 1 atom stereocenters. The molecule has 0 aliphatic rings. The van der Waals surface area contributed by atoms with Gasteiger partial charge in [0.05, 0.1) is 0 Å². The maximum atomic E-state index is 12.9. The van der Waals surface area contributed by atoms with Gasteiger partial charge in [0, 0.05) is 11.3 Å². The van der Waals surface area contributed by atoms with E-state index in [-0.39, 0.29) is 11.2 Å². The molecule has 0 bridgehead atoms. The molecule has 1 unspecified atom stereocenters. The summed E-state index contributed by atoms with van der Waals surface area (Å²) in [5.41, 5.74) is 0.967. The number of hydrogen-bond acceptors (Lipinski definition) is 5. The van der Waals surface area contributed by atoms with E-state index in [1.807, 2.05) is 60.7 Å². The monoisotopic (exact) mass is 383 g/mol. The summed E-state index contributed by atoms with van der Waals surface area (Å²) in [6.07, 6.45) is 3.11. The number of unbranched alkanes of at least 4 members (excludes halogenated alkanes) is 1. The third-order valence-corrected chi connectivity index (χ3v) is 5.94. The largest absolute Gasteiger partial charge is 0.299 e. The summed E-state index contributed by atoms with van der Waals surface area (Å²) in [6, 6.07) is 19.8. The molecule has 0 saturated carbocycles. The van der Waals surface area contributed by atoms with Crippen LogP contribution in [0.4, 0.5) is 5.13 Å². The van der Waals surface area contributed by atoms with Crippen LogP contribution in [0, 0.1) is 0 Å². The van der Waals surface area contributed by atoms with Gasteiger partial charge in [-0.3, -0.25) is 10.1 Å². The first-order chi connectivity index (χ1) is 12.8.